The number of ether oxygens (including phenoxy) is 1. The summed E-state index contributed by atoms with van der Waals surface area (Å²) in [5, 5.41) is 3.84. The van der Waals surface area contributed by atoms with Crippen LogP contribution in [0.2, 0.25) is 0 Å². The van der Waals surface area contributed by atoms with E-state index < -0.39 is 6.10 Å². The molecule has 0 unspecified atom stereocenters. The second kappa shape index (κ2) is 4.74. The van der Waals surface area contributed by atoms with Crippen LogP contribution in [0, 0.1) is 0 Å². The van der Waals surface area contributed by atoms with E-state index in [2.05, 4.69) is 10.1 Å². The molecular weight excluding hydrogens is 208 g/mol. The number of carbonyl (C=O) groups excluding carboxylic acids is 1. The molecule has 1 aromatic rings. The number of pyridine rings is 1. The van der Waals surface area contributed by atoms with Crippen molar-refractivity contribution in [2.75, 3.05) is 6.61 Å². The van der Waals surface area contributed by atoms with Gasteiger partial charge < -0.3 is 9.57 Å². The zero-order valence-corrected chi connectivity index (χ0v) is 8.92. The van der Waals surface area contributed by atoms with E-state index >= 15 is 0 Å². The third-order valence-electron chi connectivity index (χ3n) is 2.18. The average Bonchev–Trinajstić information content (AvgIpc) is 2.80. The Morgan fingerprint density at radius 3 is 3.19 bits per heavy atom. The maximum Gasteiger partial charge on any atom is 0.350 e. The number of rotatable bonds is 3. The normalized spacial score (nSPS) is 18.8. The smallest absolute Gasteiger partial charge is 0.350 e. The van der Waals surface area contributed by atoms with E-state index in [9.17, 15) is 4.79 Å². The van der Waals surface area contributed by atoms with Gasteiger partial charge in [0.15, 0.2) is 0 Å². The van der Waals surface area contributed by atoms with Crippen LogP contribution in [-0.4, -0.2) is 29.4 Å². The second-order valence-corrected chi connectivity index (χ2v) is 3.30. The van der Waals surface area contributed by atoms with Gasteiger partial charge in [-0.05, 0) is 19.1 Å². The van der Waals surface area contributed by atoms with Crippen molar-refractivity contribution in [2.45, 2.75) is 19.4 Å². The van der Waals surface area contributed by atoms with Gasteiger partial charge in [-0.3, -0.25) is 4.98 Å². The highest BCUT2D eigenvalue weighted by Gasteiger charge is 2.30. The summed E-state index contributed by atoms with van der Waals surface area (Å²) in [7, 11) is 0. The van der Waals surface area contributed by atoms with Crippen LogP contribution in [0.5, 0.6) is 0 Å². The zero-order valence-electron chi connectivity index (χ0n) is 8.92. The minimum absolute atomic E-state index is 0.345. The summed E-state index contributed by atoms with van der Waals surface area (Å²) < 4.78 is 4.85. The monoisotopic (exact) mass is 220 g/mol. The molecule has 0 fully saturated rings. The largest absolute Gasteiger partial charge is 0.463 e. The van der Waals surface area contributed by atoms with Gasteiger partial charge in [0.2, 0.25) is 6.10 Å². The predicted molar refractivity (Wildman–Crippen MR) is 56.9 cm³/mol. The summed E-state index contributed by atoms with van der Waals surface area (Å²) in [4.78, 5) is 20.5. The Kier molecular flexibility index (Phi) is 3.14. The van der Waals surface area contributed by atoms with Crippen molar-refractivity contribution in [1.29, 1.82) is 0 Å². The average molecular weight is 220 g/mol. The van der Waals surface area contributed by atoms with Gasteiger partial charge in [-0.2, -0.15) is 0 Å². The Balaban J connectivity index is 2.00. The zero-order chi connectivity index (χ0) is 11.4. The summed E-state index contributed by atoms with van der Waals surface area (Å²) in [6, 6.07) is 5.51. The molecule has 2 heterocycles. The van der Waals surface area contributed by atoms with Crippen molar-refractivity contribution >= 4 is 11.7 Å². The topological polar surface area (TPSA) is 60.8 Å². The summed E-state index contributed by atoms with van der Waals surface area (Å²) in [6.45, 7) is 2.10. The molecule has 0 N–H and O–H groups in total. The van der Waals surface area contributed by atoms with Gasteiger partial charge in [-0.1, -0.05) is 11.2 Å². The highest BCUT2D eigenvalue weighted by atomic mass is 16.7. The lowest BCUT2D eigenvalue weighted by atomic mass is 10.1. The molecule has 0 amide bonds. The van der Waals surface area contributed by atoms with Crippen molar-refractivity contribution in [3.63, 3.8) is 0 Å². The van der Waals surface area contributed by atoms with E-state index in [0.29, 0.717) is 18.7 Å². The molecule has 5 heteroatoms. The Morgan fingerprint density at radius 1 is 1.62 bits per heavy atom. The number of carbonyl (C=O) groups is 1. The molecular formula is C11H12N2O3. The molecule has 16 heavy (non-hydrogen) atoms. The van der Waals surface area contributed by atoms with Gasteiger partial charge >= 0.3 is 5.97 Å². The quantitative estimate of drug-likeness (QED) is 0.716. The first-order chi connectivity index (χ1) is 7.81. The SMILES string of the molecule is CCOC(=O)[C@H]1CC(c2ccccn2)=NO1. The molecule has 1 aliphatic rings. The first-order valence-electron chi connectivity index (χ1n) is 5.12. The van der Waals surface area contributed by atoms with Crippen LogP contribution in [-0.2, 0) is 14.4 Å². The van der Waals surface area contributed by atoms with E-state index in [0.717, 1.165) is 5.69 Å². The first kappa shape index (κ1) is 10.6. The molecule has 0 aliphatic carbocycles. The third kappa shape index (κ3) is 2.18. The molecule has 1 atom stereocenters. The molecule has 0 radical (unpaired) electrons. The van der Waals surface area contributed by atoms with Gasteiger partial charge in [0, 0.05) is 12.6 Å². The van der Waals surface area contributed by atoms with Crippen LogP contribution in [0.25, 0.3) is 0 Å². The Bertz CT molecular complexity index is 403. The molecule has 0 spiro atoms. The van der Waals surface area contributed by atoms with Crippen LogP contribution in [0.15, 0.2) is 29.6 Å². The molecule has 1 aromatic heterocycles. The third-order valence-corrected chi connectivity index (χ3v) is 2.18. The second-order valence-electron chi connectivity index (χ2n) is 3.30. The number of oxime groups is 1. The number of nitrogens with zero attached hydrogens (tertiary/aromatic N) is 2. The van der Waals surface area contributed by atoms with Gasteiger partial charge in [-0.15, -0.1) is 0 Å². The molecule has 0 saturated carbocycles. The van der Waals surface area contributed by atoms with Crippen LogP contribution in [0.3, 0.4) is 0 Å². The molecule has 0 bridgehead atoms. The standard InChI is InChI=1S/C11H12N2O3/c1-2-15-11(14)10-7-9(13-16-10)8-5-3-4-6-12-8/h3-6,10H,2,7H2,1H3/t10-/m1/s1. The minimum atomic E-state index is -0.628. The fourth-order valence-electron chi connectivity index (χ4n) is 1.42. The number of hydrogen-bond donors (Lipinski definition) is 0. The Hall–Kier alpha value is -1.91. The van der Waals surface area contributed by atoms with E-state index in [4.69, 9.17) is 9.57 Å². The fourth-order valence-corrected chi connectivity index (χ4v) is 1.42. The van der Waals surface area contributed by atoms with Crippen molar-refractivity contribution in [3.05, 3.63) is 30.1 Å². The van der Waals surface area contributed by atoms with Crippen molar-refractivity contribution in [3.8, 4) is 0 Å². The summed E-state index contributed by atoms with van der Waals surface area (Å²) in [5.74, 6) is -0.378. The molecule has 1 aliphatic heterocycles. The van der Waals surface area contributed by atoms with E-state index in [1.807, 2.05) is 18.2 Å². The maximum absolute atomic E-state index is 11.4. The van der Waals surface area contributed by atoms with Crippen LogP contribution in [0.4, 0.5) is 0 Å². The van der Waals surface area contributed by atoms with Crippen LogP contribution in [0.1, 0.15) is 19.0 Å². The van der Waals surface area contributed by atoms with Crippen molar-refractivity contribution in [2.24, 2.45) is 5.16 Å². The molecule has 84 valence electrons. The summed E-state index contributed by atoms with van der Waals surface area (Å²) in [6.07, 6.45) is 1.46. The lowest BCUT2D eigenvalue weighted by Crippen LogP contribution is -2.23. The fraction of sp³-hybridized carbons (Fsp3) is 0.364. The molecule has 0 aromatic carbocycles. The molecule has 5 nitrogen and oxygen atoms in total. The first-order valence-corrected chi connectivity index (χ1v) is 5.12. The predicted octanol–water partition coefficient (Wildman–Crippen LogP) is 1.14. The van der Waals surface area contributed by atoms with Gasteiger partial charge in [-0.25, -0.2) is 4.79 Å². The van der Waals surface area contributed by atoms with Gasteiger partial charge in [0.25, 0.3) is 0 Å². The maximum atomic E-state index is 11.4. The van der Waals surface area contributed by atoms with E-state index in [-0.39, 0.29) is 5.97 Å². The van der Waals surface area contributed by atoms with Crippen LogP contribution >= 0.6 is 0 Å². The lowest BCUT2D eigenvalue weighted by molar-refractivity contribution is -0.154. The lowest BCUT2D eigenvalue weighted by Gasteiger charge is -2.05. The van der Waals surface area contributed by atoms with Crippen molar-refractivity contribution < 1.29 is 14.4 Å². The number of aromatic nitrogens is 1. The highest BCUT2D eigenvalue weighted by Crippen LogP contribution is 2.16. The molecule has 2 rings (SSSR count). The van der Waals surface area contributed by atoms with E-state index in [1.165, 1.54) is 0 Å². The summed E-state index contributed by atoms with van der Waals surface area (Å²) in [5.41, 5.74) is 1.41. The van der Waals surface area contributed by atoms with Gasteiger partial charge in [0.05, 0.1) is 12.3 Å². The summed E-state index contributed by atoms with van der Waals surface area (Å²) >= 11 is 0. The minimum Gasteiger partial charge on any atom is -0.463 e. The van der Waals surface area contributed by atoms with Crippen LogP contribution < -0.4 is 0 Å². The number of esters is 1. The van der Waals surface area contributed by atoms with Gasteiger partial charge in [0.1, 0.15) is 5.71 Å². The number of hydrogen-bond acceptors (Lipinski definition) is 5. The Morgan fingerprint density at radius 2 is 2.50 bits per heavy atom. The van der Waals surface area contributed by atoms with E-state index in [1.54, 1.807) is 13.1 Å². The Labute approximate surface area is 93.1 Å². The molecule has 0 saturated heterocycles. The highest BCUT2D eigenvalue weighted by molar-refractivity contribution is 6.02. The van der Waals surface area contributed by atoms with Crippen molar-refractivity contribution in [1.82, 2.24) is 4.98 Å².